The van der Waals surface area contributed by atoms with E-state index in [1.165, 1.54) is 11.3 Å². The Balaban J connectivity index is 2.71. The molecule has 1 aromatic rings. The van der Waals surface area contributed by atoms with E-state index in [0.29, 0.717) is 0 Å². The molecule has 1 aromatic heterocycles. The molecule has 1 N–H and O–H groups in total. The Morgan fingerprint density at radius 1 is 1.58 bits per heavy atom. The summed E-state index contributed by atoms with van der Waals surface area (Å²) in [5.41, 5.74) is 0. The molecule has 0 saturated heterocycles. The molecule has 2 unspecified atom stereocenters. The minimum absolute atomic E-state index is 0.157. The van der Waals surface area contributed by atoms with Gasteiger partial charge in [0.15, 0.2) is 0 Å². The molecule has 12 heavy (non-hydrogen) atoms. The van der Waals surface area contributed by atoms with Gasteiger partial charge in [-0.1, -0.05) is 37.9 Å². The Hall–Kier alpha value is 0.130. The highest BCUT2D eigenvalue weighted by molar-refractivity contribution is 9.12. The SMILES string of the molecule is O=C(O)C(Br)C(Br)c1cccs1. The fourth-order valence-electron chi connectivity index (χ4n) is 0.718. The Labute approximate surface area is 90.9 Å². The molecule has 0 aliphatic rings. The summed E-state index contributed by atoms with van der Waals surface area (Å²) in [6.45, 7) is 0. The summed E-state index contributed by atoms with van der Waals surface area (Å²) in [7, 11) is 0. The zero-order valence-corrected chi connectivity index (χ0v) is 9.89. The normalized spacial score (nSPS) is 15.5. The second-order valence-electron chi connectivity index (χ2n) is 2.16. The summed E-state index contributed by atoms with van der Waals surface area (Å²) in [6, 6.07) is 3.80. The predicted molar refractivity (Wildman–Crippen MR) is 56.3 cm³/mol. The number of hydrogen-bond acceptors (Lipinski definition) is 2. The second kappa shape index (κ2) is 4.39. The summed E-state index contributed by atoms with van der Waals surface area (Å²) in [4.78, 5) is 10.8. The largest absolute Gasteiger partial charge is 0.480 e. The van der Waals surface area contributed by atoms with Gasteiger partial charge in [0.1, 0.15) is 4.83 Å². The first-order valence-corrected chi connectivity index (χ1v) is 5.88. The zero-order chi connectivity index (χ0) is 9.14. The lowest BCUT2D eigenvalue weighted by atomic mass is 10.3. The quantitative estimate of drug-likeness (QED) is 0.871. The predicted octanol–water partition coefficient (Wildman–Crippen LogP) is 3.03. The lowest BCUT2D eigenvalue weighted by Gasteiger charge is -2.09. The van der Waals surface area contributed by atoms with Gasteiger partial charge in [-0.25, -0.2) is 0 Å². The van der Waals surface area contributed by atoms with Gasteiger partial charge in [0, 0.05) is 4.88 Å². The van der Waals surface area contributed by atoms with Crippen molar-refractivity contribution in [2.75, 3.05) is 0 Å². The van der Waals surface area contributed by atoms with Crippen LogP contribution in [0.3, 0.4) is 0 Å². The molecular formula is C7H6Br2O2S. The smallest absolute Gasteiger partial charge is 0.318 e. The van der Waals surface area contributed by atoms with Gasteiger partial charge in [0.2, 0.25) is 0 Å². The Morgan fingerprint density at radius 2 is 2.25 bits per heavy atom. The number of carboxylic acids is 1. The van der Waals surface area contributed by atoms with Crippen molar-refractivity contribution in [3.05, 3.63) is 22.4 Å². The maximum absolute atomic E-state index is 10.6. The first-order valence-electron chi connectivity index (χ1n) is 3.17. The van der Waals surface area contributed by atoms with E-state index in [0.717, 1.165) is 4.88 Å². The average Bonchev–Trinajstić information content (AvgIpc) is 2.53. The number of carbonyl (C=O) groups is 1. The molecule has 0 fully saturated rings. The summed E-state index contributed by atoms with van der Waals surface area (Å²) < 4.78 is 0. The summed E-state index contributed by atoms with van der Waals surface area (Å²) in [6.07, 6.45) is 0. The van der Waals surface area contributed by atoms with E-state index < -0.39 is 10.8 Å². The van der Waals surface area contributed by atoms with Gasteiger partial charge in [-0.2, -0.15) is 0 Å². The van der Waals surface area contributed by atoms with Gasteiger partial charge in [-0.15, -0.1) is 11.3 Å². The molecule has 1 rings (SSSR count). The minimum atomic E-state index is -0.856. The molecular weight excluding hydrogens is 308 g/mol. The fraction of sp³-hybridized carbons (Fsp3) is 0.286. The number of halogens is 2. The standard InChI is InChI=1S/C7H6Br2O2S/c8-5(6(9)7(10)11)4-2-1-3-12-4/h1-3,5-6H,(H,10,11). The molecule has 66 valence electrons. The van der Waals surface area contributed by atoms with Crippen LogP contribution in [0.4, 0.5) is 0 Å². The first kappa shape index (κ1) is 10.2. The number of alkyl halides is 2. The Kier molecular flexibility index (Phi) is 3.74. The van der Waals surface area contributed by atoms with Crippen LogP contribution in [-0.2, 0) is 4.79 Å². The monoisotopic (exact) mass is 312 g/mol. The maximum atomic E-state index is 10.6. The molecule has 0 aromatic carbocycles. The van der Waals surface area contributed by atoms with Gasteiger partial charge in [-0.05, 0) is 11.4 Å². The number of thiophene rings is 1. The molecule has 0 spiro atoms. The van der Waals surface area contributed by atoms with E-state index in [4.69, 9.17) is 5.11 Å². The molecule has 2 atom stereocenters. The third kappa shape index (κ3) is 2.31. The molecule has 2 nitrogen and oxygen atoms in total. The highest BCUT2D eigenvalue weighted by Crippen LogP contribution is 2.33. The van der Waals surface area contributed by atoms with Crippen molar-refractivity contribution in [1.82, 2.24) is 0 Å². The highest BCUT2D eigenvalue weighted by atomic mass is 79.9. The molecule has 0 aliphatic heterocycles. The van der Waals surface area contributed by atoms with E-state index in [9.17, 15) is 4.79 Å². The van der Waals surface area contributed by atoms with E-state index in [1.54, 1.807) is 0 Å². The van der Waals surface area contributed by atoms with E-state index in [1.807, 2.05) is 17.5 Å². The van der Waals surface area contributed by atoms with Crippen molar-refractivity contribution >= 4 is 49.2 Å². The lowest BCUT2D eigenvalue weighted by molar-refractivity contribution is -0.136. The van der Waals surface area contributed by atoms with Crippen LogP contribution in [0.5, 0.6) is 0 Å². The van der Waals surface area contributed by atoms with Crippen LogP contribution in [0, 0.1) is 0 Å². The van der Waals surface area contributed by atoms with Crippen LogP contribution in [0.25, 0.3) is 0 Å². The average molecular weight is 314 g/mol. The van der Waals surface area contributed by atoms with Gasteiger partial charge in [-0.3, -0.25) is 4.79 Å². The third-order valence-corrected chi connectivity index (χ3v) is 5.22. The number of carboxylic acid groups (broad SMARTS) is 1. The second-order valence-corrected chi connectivity index (χ2v) is 5.11. The summed E-state index contributed by atoms with van der Waals surface area (Å²) >= 11 is 7.94. The Morgan fingerprint density at radius 3 is 2.67 bits per heavy atom. The first-order chi connectivity index (χ1) is 5.63. The summed E-state index contributed by atoms with van der Waals surface area (Å²) in [5, 5.41) is 10.6. The number of rotatable bonds is 3. The molecule has 0 amide bonds. The van der Waals surface area contributed by atoms with Crippen LogP contribution < -0.4 is 0 Å². The summed E-state index contributed by atoms with van der Waals surface area (Å²) in [5.74, 6) is -0.856. The Bertz CT molecular complexity index is 260. The van der Waals surface area contributed by atoms with E-state index in [-0.39, 0.29) is 4.83 Å². The van der Waals surface area contributed by atoms with Crippen molar-refractivity contribution in [1.29, 1.82) is 0 Å². The van der Waals surface area contributed by atoms with Crippen molar-refractivity contribution in [3.8, 4) is 0 Å². The van der Waals surface area contributed by atoms with Crippen LogP contribution in [0.2, 0.25) is 0 Å². The van der Waals surface area contributed by atoms with Crippen LogP contribution in [0.1, 0.15) is 9.70 Å². The van der Waals surface area contributed by atoms with Gasteiger partial charge >= 0.3 is 5.97 Å². The van der Waals surface area contributed by atoms with Gasteiger partial charge < -0.3 is 5.11 Å². The highest BCUT2D eigenvalue weighted by Gasteiger charge is 2.24. The van der Waals surface area contributed by atoms with Crippen LogP contribution in [0.15, 0.2) is 17.5 Å². The topological polar surface area (TPSA) is 37.3 Å². The van der Waals surface area contributed by atoms with Gasteiger partial charge in [0.25, 0.3) is 0 Å². The van der Waals surface area contributed by atoms with E-state index >= 15 is 0 Å². The van der Waals surface area contributed by atoms with Crippen LogP contribution >= 0.6 is 43.2 Å². The van der Waals surface area contributed by atoms with Crippen molar-refractivity contribution in [3.63, 3.8) is 0 Å². The van der Waals surface area contributed by atoms with Gasteiger partial charge in [0.05, 0.1) is 4.83 Å². The van der Waals surface area contributed by atoms with Crippen molar-refractivity contribution in [2.45, 2.75) is 9.65 Å². The number of hydrogen-bond donors (Lipinski definition) is 1. The van der Waals surface area contributed by atoms with Crippen LogP contribution in [-0.4, -0.2) is 15.9 Å². The minimum Gasteiger partial charge on any atom is -0.480 e. The number of aliphatic carboxylic acids is 1. The lowest BCUT2D eigenvalue weighted by Crippen LogP contribution is -2.17. The van der Waals surface area contributed by atoms with Crippen molar-refractivity contribution < 1.29 is 9.90 Å². The van der Waals surface area contributed by atoms with Crippen molar-refractivity contribution in [2.24, 2.45) is 0 Å². The maximum Gasteiger partial charge on any atom is 0.318 e. The molecule has 0 aliphatic carbocycles. The van der Waals surface area contributed by atoms with E-state index in [2.05, 4.69) is 31.9 Å². The molecule has 1 heterocycles. The molecule has 5 heteroatoms. The fourth-order valence-corrected chi connectivity index (χ4v) is 2.62. The molecule has 0 radical (unpaired) electrons. The zero-order valence-electron chi connectivity index (χ0n) is 5.91. The third-order valence-electron chi connectivity index (χ3n) is 1.31. The molecule has 0 saturated carbocycles. The molecule has 0 bridgehead atoms.